The average molecular weight is 640 g/mol. The number of nitrogens with two attached hydrogens (primary N) is 2. The number of aliphatic hydroxyl groups excluding tert-OH is 2. The van der Waals surface area contributed by atoms with Crippen LogP contribution in [0.2, 0.25) is 0 Å². The minimum Gasteiger partial charge on any atom is -0.504 e. The molecule has 2 aliphatic rings. The minimum absolute atomic E-state index is 0.00190. The zero-order valence-corrected chi connectivity index (χ0v) is 27.7. The first-order valence-corrected chi connectivity index (χ1v) is 16.7. The molecule has 0 saturated heterocycles. The van der Waals surface area contributed by atoms with Crippen molar-refractivity contribution in [1.82, 2.24) is 0 Å². The molecule has 4 unspecified atom stereocenters. The summed E-state index contributed by atoms with van der Waals surface area (Å²) in [5, 5.41) is 32.4. The molecule has 7 N–H and O–H groups in total. The van der Waals surface area contributed by atoms with E-state index >= 15 is 0 Å². The number of benzene rings is 1. The molecule has 1 aromatic rings. The lowest BCUT2D eigenvalue weighted by Crippen LogP contribution is -2.34. The second-order valence-corrected chi connectivity index (χ2v) is 12.7. The smallest absolute Gasteiger partial charge is 0.186 e. The van der Waals surface area contributed by atoms with E-state index in [1.165, 1.54) is 13.0 Å². The second kappa shape index (κ2) is 18.7. The molecule has 4 atom stereocenters. The summed E-state index contributed by atoms with van der Waals surface area (Å²) in [5.41, 5.74) is 14.1. The van der Waals surface area contributed by atoms with E-state index in [2.05, 4.69) is 16.8 Å². The Morgan fingerprint density at radius 3 is 2.50 bits per heavy atom. The summed E-state index contributed by atoms with van der Waals surface area (Å²) >= 11 is 0. The zero-order valence-electron chi connectivity index (χ0n) is 27.7. The van der Waals surface area contributed by atoms with Gasteiger partial charge in [0.05, 0.1) is 18.8 Å². The van der Waals surface area contributed by atoms with E-state index in [1.54, 1.807) is 13.2 Å². The van der Waals surface area contributed by atoms with Crippen LogP contribution in [0.15, 0.2) is 22.7 Å². The van der Waals surface area contributed by atoms with Crippen LogP contribution in [0, 0.1) is 23.7 Å². The quantitative estimate of drug-likeness (QED) is 0.0773. The van der Waals surface area contributed by atoms with Gasteiger partial charge in [-0.05, 0) is 99.3 Å². The fourth-order valence-corrected chi connectivity index (χ4v) is 6.87. The van der Waals surface area contributed by atoms with Gasteiger partial charge in [0.15, 0.2) is 23.2 Å². The van der Waals surface area contributed by atoms with Crippen LogP contribution in [-0.4, -0.2) is 71.9 Å². The van der Waals surface area contributed by atoms with Crippen LogP contribution < -0.4 is 16.2 Å². The molecule has 10 heteroatoms. The number of phenolic OH excluding ortho intramolecular Hbond substituents is 1. The van der Waals surface area contributed by atoms with Crippen LogP contribution in [0.1, 0.15) is 107 Å². The molecule has 0 heterocycles. The molecule has 1 fully saturated rings. The van der Waals surface area contributed by atoms with E-state index in [0.717, 1.165) is 37.7 Å². The van der Waals surface area contributed by atoms with Crippen molar-refractivity contribution in [2.45, 2.75) is 109 Å². The number of ketones is 2. The first kappa shape index (κ1) is 37.1. The molecule has 0 bridgehead atoms. The molecule has 0 aliphatic heterocycles. The van der Waals surface area contributed by atoms with E-state index in [4.69, 9.17) is 20.9 Å². The van der Waals surface area contributed by atoms with Gasteiger partial charge < -0.3 is 41.1 Å². The highest BCUT2D eigenvalue weighted by Gasteiger charge is 2.37. The fourth-order valence-electron chi connectivity index (χ4n) is 6.87. The molecule has 0 spiro atoms. The lowest BCUT2D eigenvalue weighted by Gasteiger charge is -2.36. The summed E-state index contributed by atoms with van der Waals surface area (Å²) in [6.07, 6.45) is 8.70. The number of fused-ring (bicyclic) bond motifs is 1. The number of guanidine groups is 1. The molecule has 0 radical (unpaired) electrons. The van der Waals surface area contributed by atoms with Crippen molar-refractivity contribution in [1.29, 1.82) is 0 Å². The van der Waals surface area contributed by atoms with E-state index < -0.39 is 5.92 Å². The molecule has 0 aromatic heterocycles. The minimum atomic E-state index is -0.435. The van der Waals surface area contributed by atoms with Gasteiger partial charge in [-0.25, -0.2) is 4.99 Å². The largest absolute Gasteiger partial charge is 0.504 e. The van der Waals surface area contributed by atoms with Gasteiger partial charge in [-0.1, -0.05) is 25.2 Å². The number of aliphatic hydroxyl groups is 2. The number of Topliss-reactive ketones (excluding diaryl/α,β-unsaturated/α-hetero) is 1. The summed E-state index contributed by atoms with van der Waals surface area (Å²) in [6, 6.07) is 1.42. The van der Waals surface area contributed by atoms with Gasteiger partial charge >= 0.3 is 0 Å². The van der Waals surface area contributed by atoms with Gasteiger partial charge in [0.1, 0.15) is 5.78 Å². The third kappa shape index (κ3) is 10.6. The van der Waals surface area contributed by atoms with Crippen LogP contribution in [-0.2, 0) is 20.7 Å². The standard InChI is InChI=1S/C36H53N3O7/c1-4-8-24(20-40)17-28(43)15-14-25-19-33(46-29-10-5-6-11-29)35(44)34-30(25)12-7-9-27(39-36(37)38)18-26(21-41)32(22-45-3)31(34)16-13-23(2)42/h17,19,26-27,29,31-32,40-41,44H,4-6,8-11,13-16,18,20-22H2,1-3H3,(H4,37,38,39). The highest BCUT2D eigenvalue weighted by Crippen LogP contribution is 2.47. The van der Waals surface area contributed by atoms with Gasteiger partial charge in [-0.3, -0.25) is 4.79 Å². The van der Waals surface area contributed by atoms with Crippen LogP contribution in [0.5, 0.6) is 11.5 Å². The van der Waals surface area contributed by atoms with Crippen molar-refractivity contribution in [3.63, 3.8) is 0 Å². The lowest BCUT2D eigenvalue weighted by molar-refractivity contribution is -0.117. The Bertz CT molecular complexity index is 1300. The molecule has 1 aromatic carbocycles. The Balaban J connectivity index is 2.27. The number of nitrogens with zero attached hydrogens (tertiary/aromatic N) is 1. The fraction of sp³-hybridized carbons (Fsp3) is 0.639. The number of methoxy groups -OCH3 is 1. The van der Waals surface area contributed by atoms with Crippen molar-refractivity contribution in [3.8, 4) is 23.3 Å². The first-order chi connectivity index (χ1) is 22.1. The number of aliphatic imine (C=N–C) groups is 1. The van der Waals surface area contributed by atoms with Crippen molar-refractivity contribution in [3.05, 3.63) is 34.4 Å². The Kier molecular flexibility index (Phi) is 15.1. The number of allylic oxidation sites excluding steroid dienone is 1. The van der Waals surface area contributed by atoms with Crippen LogP contribution in [0.3, 0.4) is 0 Å². The Labute approximate surface area is 273 Å². The molecule has 1 saturated carbocycles. The number of rotatable bonds is 16. The summed E-state index contributed by atoms with van der Waals surface area (Å²) in [5.74, 6) is 5.58. The maximum atomic E-state index is 13.1. The molecule has 2 aliphatic carbocycles. The topological polar surface area (TPSA) is 178 Å². The number of carbonyl (C=O) groups excluding carboxylic acids is 2. The lowest BCUT2D eigenvalue weighted by atomic mass is 9.71. The van der Waals surface area contributed by atoms with E-state index in [9.17, 15) is 24.9 Å². The summed E-state index contributed by atoms with van der Waals surface area (Å²) in [4.78, 5) is 29.8. The number of ether oxygens (including phenoxy) is 2. The predicted molar refractivity (Wildman–Crippen MR) is 179 cm³/mol. The van der Waals surface area contributed by atoms with E-state index in [0.29, 0.717) is 54.6 Å². The molecule has 10 nitrogen and oxygen atoms in total. The van der Waals surface area contributed by atoms with Gasteiger partial charge in [0.25, 0.3) is 0 Å². The molecular weight excluding hydrogens is 586 g/mol. The molecule has 3 rings (SSSR count). The van der Waals surface area contributed by atoms with Gasteiger partial charge in [0, 0.05) is 50.7 Å². The maximum Gasteiger partial charge on any atom is 0.186 e. The van der Waals surface area contributed by atoms with Gasteiger partial charge in [0.2, 0.25) is 0 Å². The van der Waals surface area contributed by atoms with Crippen molar-refractivity contribution in [2.75, 3.05) is 26.9 Å². The maximum absolute atomic E-state index is 13.1. The zero-order chi connectivity index (χ0) is 33.6. The Morgan fingerprint density at radius 2 is 1.89 bits per heavy atom. The van der Waals surface area contributed by atoms with Crippen LogP contribution >= 0.6 is 0 Å². The van der Waals surface area contributed by atoms with Crippen molar-refractivity contribution >= 4 is 17.5 Å². The molecular formula is C36H53N3O7. The van der Waals surface area contributed by atoms with Crippen LogP contribution in [0.4, 0.5) is 0 Å². The average Bonchev–Trinajstić information content (AvgIpc) is 3.53. The first-order valence-electron chi connectivity index (χ1n) is 16.7. The van der Waals surface area contributed by atoms with Crippen LogP contribution in [0.25, 0.3) is 0 Å². The number of phenols is 1. The third-order valence-electron chi connectivity index (χ3n) is 9.11. The normalized spacial score (nSPS) is 22.0. The van der Waals surface area contributed by atoms with E-state index in [1.807, 2.05) is 6.92 Å². The SMILES string of the molecule is CCCC(=CC(=O)CCc1cc(OC2CCCC2)c(O)c2c1C#CCC(N=C(N)N)CC(CO)C(COC)C2CCC(C)=O)CO. The molecule has 0 amide bonds. The monoisotopic (exact) mass is 639 g/mol. The number of hydrogen-bond donors (Lipinski definition) is 5. The van der Waals surface area contributed by atoms with E-state index in [-0.39, 0.29) is 79.9 Å². The molecule has 46 heavy (non-hydrogen) atoms. The molecule has 254 valence electrons. The summed E-state index contributed by atoms with van der Waals surface area (Å²) in [6.45, 7) is 3.44. The summed E-state index contributed by atoms with van der Waals surface area (Å²) in [7, 11) is 1.59. The third-order valence-corrected chi connectivity index (χ3v) is 9.11. The Hall–Kier alpha value is -3.39. The second-order valence-electron chi connectivity index (χ2n) is 12.7. The Morgan fingerprint density at radius 1 is 1.15 bits per heavy atom. The highest BCUT2D eigenvalue weighted by atomic mass is 16.5. The predicted octanol–water partition coefficient (Wildman–Crippen LogP) is 4.05. The van der Waals surface area contributed by atoms with Crippen molar-refractivity contribution < 1.29 is 34.4 Å². The van der Waals surface area contributed by atoms with Gasteiger partial charge in [-0.15, -0.1) is 0 Å². The number of hydrogen-bond acceptors (Lipinski definition) is 8. The van der Waals surface area contributed by atoms with Crippen molar-refractivity contribution in [2.24, 2.45) is 28.3 Å². The van der Waals surface area contributed by atoms with Gasteiger partial charge in [-0.2, -0.15) is 0 Å². The number of aromatic hydroxyl groups is 1. The number of carbonyl (C=O) groups is 2. The summed E-state index contributed by atoms with van der Waals surface area (Å²) < 4.78 is 12.1. The highest BCUT2D eigenvalue weighted by molar-refractivity contribution is 5.90. The number of aryl methyl sites for hydroxylation is 1.